The highest BCUT2D eigenvalue weighted by Gasteiger charge is 2.25. The van der Waals surface area contributed by atoms with Crippen LogP contribution in [0.1, 0.15) is 16.1 Å². The van der Waals surface area contributed by atoms with Crippen molar-refractivity contribution in [3.63, 3.8) is 0 Å². The maximum Gasteiger partial charge on any atom is 0.289 e. The molecule has 0 saturated carbocycles. The molecule has 1 saturated heterocycles. The van der Waals surface area contributed by atoms with Gasteiger partial charge in [0.05, 0.1) is 10.2 Å². The summed E-state index contributed by atoms with van der Waals surface area (Å²) in [6, 6.07) is 7.36. The van der Waals surface area contributed by atoms with Gasteiger partial charge in [-0.2, -0.15) is 0 Å². The van der Waals surface area contributed by atoms with Gasteiger partial charge >= 0.3 is 0 Å². The Bertz CT molecular complexity index is 947. The Labute approximate surface area is 162 Å². The van der Waals surface area contributed by atoms with Crippen LogP contribution in [0.25, 0.3) is 10.2 Å². The van der Waals surface area contributed by atoms with Crippen molar-refractivity contribution in [2.75, 3.05) is 31.1 Å². The van der Waals surface area contributed by atoms with Gasteiger partial charge in [-0.25, -0.2) is 4.98 Å². The van der Waals surface area contributed by atoms with Crippen LogP contribution in [0.15, 0.2) is 33.4 Å². The molecule has 25 heavy (non-hydrogen) atoms. The van der Waals surface area contributed by atoms with Crippen LogP contribution >= 0.6 is 38.9 Å². The molecule has 1 aromatic carbocycles. The zero-order chi connectivity index (χ0) is 17.6. The van der Waals surface area contributed by atoms with Gasteiger partial charge in [0, 0.05) is 31.2 Å². The summed E-state index contributed by atoms with van der Waals surface area (Å²) in [4.78, 5) is 21.2. The van der Waals surface area contributed by atoms with Crippen LogP contribution in [-0.4, -0.2) is 42.0 Å². The lowest BCUT2D eigenvalue weighted by Gasteiger charge is -2.34. The third-order valence-electron chi connectivity index (χ3n) is 4.36. The predicted molar refractivity (Wildman–Crippen MR) is 104 cm³/mol. The number of nitrogens with zero attached hydrogens (tertiary/aromatic N) is 3. The zero-order valence-electron chi connectivity index (χ0n) is 13.5. The van der Waals surface area contributed by atoms with E-state index >= 15 is 0 Å². The fourth-order valence-corrected chi connectivity index (χ4v) is 4.45. The molecule has 0 atom stereocenters. The molecule has 1 fully saturated rings. The van der Waals surface area contributed by atoms with Gasteiger partial charge in [-0.15, -0.1) is 0 Å². The minimum atomic E-state index is -0.0720. The topological polar surface area (TPSA) is 49.6 Å². The van der Waals surface area contributed by atoms with Crippen molar-refractivity contribution in [3.05, 3.63) is 45.3 Å². The zero-order valence-corrected chi connectivity index (χ0v) is 16.6. The van der Waals surface area contributed by atoms with Crippen LogP contribution in [0.5, 0.6) is 0 Å². The van der Waals surface area contributed by atoms with Gasteiger partial charge in [0.1, 0.15) is 0 Å². The number of halogens is 2. The molecule has 0 unspecified atom stereocenters. The molecule has 3 heterocycles. The van der Waals surface area contributed by atoms with Gasteiger partial charge in [0.15, 0.2) is 15.6 Å². The summed E-state index contributed by atoms with van der Waals surface area (Å²) in [5.41, 5.74) is 1.98. The Morgan fingerprint density at radius 2 is 2.00 bits per heavy atom. The van der Waals surface area contributed by atoms with E-state index in [4.69, 9.17) is 21.0 Å². The second-order valence-corrected chi connectivity index (χ2v) is 8.10. The van der Waals surface area contributed by atoms with Crippen LogP contribution in [0, 0.1) is 6.92 Å². The van der Waals surface area contributed by atoms with E-state index in [-0.39, 0.29) is 5.91 Å². The maximum atomic E-state index is 12.4. The summed E-state index contributed by atoms with van der Waals surface area (Å²) in [5.74, 6) is 0.294. The number of furan rings is 1. The Morgan fingerprint density at radius 3 is 2.68 bits per heavy atom. The number of rotatable bonds is 2. The molecule has 0 spiro atoms. The summed E-state index contributed by atoms with van der Waals surface area (Å²) >= 11 is 11.1. The van der Waals surface area contributed by atoms with Crippen molar-refractivity contribution in [2.45, 2.75) is 6.92 Å². The number of hydrogen-bond donors (Lipinski definition) is 0. The number of hydrogen-bond acceptors (Lipinski definition) is 5. The van der Waals surface area contributed by atoms with E-state index in [9.17, 15) is 4.79 Å². The summed E-state index contributed by atoms with van der Waals surface area (Å²) in [6.07, 6.45) is 0. The SMILES string of the molecule is Cc1c(Cl)ccc2sc(N3CCN(C(=O)c4ccc(Br)o4)CC3)nc12. The standard InChI is InChI=1S/C17H15BrClN3O2S/c1-10-11(19)2-4-13-15(10)20-17(25-13)22-8-6-21(7-9-22)16(23)12-3-5-14(18)24-12/h2-5H,6-9H2,1H3. The van der Waals surface area contributed by atoms with Crippen LogP contribution in [0.4, 0.5) is 5.13 Å². The third-order valence-corrected chi connectivity index (χ3v) is 6.28. The van der Waals surface area contributed by atoms with Gasteiger partial charge in [-0.1, -0.05) is 22.9 Å². The first kappa shape index (κ1) is 16.9. The molecule has 1 aliphatic heterocycles. The van der Waals surface area contributed by atoms with Gasteiger partial charge < -0.3 is 14.2 Å². The normalized spacial score (nSPS) is 15.2. The lowest BCUT2D eigenvalue weighted by molar-refractivity contribution is 0.0713. The van der Waals surface area contributed by atoms with E-state index in [2.05, 4.69) is 20.8 Å². The molecule has 5 nitrogen and oxygen atoms in total. The third kappa shape index (κ3) is 3.16. The monoisotopic (exact) mass is 439 g/mol. The highest BCUT2D eigenvalue weighted by molar-refractivity contribution is 9.10. The predicted octanol–water partition coefficient (Wildman–Crippen LogP) is 4.58. The lowest BCUT2D eigenvalue weighted by atomic mass is 10.2. The van der Waals surface area contributed by atoms with Crippen LogP contribution in [0.2, 0.25) is 5.02 Å². The number of carbonyl (C=O) groups excluding carboxylic acids is 1. The van der Waals surface area contributed by atoms with E-state index in [0.717, 1.165) is 39.0 Å². The molecular formula is C17H15BrClN3O2S. The molecule has 0 aliphatic carbocycles. The number of amides is 1. The summed E-state index contributed by atoms with van der Waals surface area (Å²) in [5, 5.41) is 1.72. The molecule has 130 valence electrons. The van der Waals surface area contributed by atoms with Gasteiger partial charge in [-0.3, -0.25) is 4.79 Å². The smallest absolute Gasteiger partial charge is 0.289 e. The molecule has 0 N–H and O–H groups in total. The van der Waals surface area contributed by atoms with Crippen LogP contribution < -0.4 is 4.90 Å². The minimum absolute atomic E-state index is 0.0720. The number of aromatic nitrogens is 1. The molecule has 2 aromatic heterocycles. The Kier molecular flexibility index (Phi) is 4.47. The second-order valence-electron chi connectivity index (χ2n) is 5.90. The van der Waals surface area contributed by atoms with Crippen molar-refractivity contribution < 1.29 is 9.21 Å². The Morgan fingerprint density at radius 1 is 1.24 bits per heavy atom. The second kappa shape index (κ2) is 6.63. The summed E-state index contributed by atoms with van der Waals surface area (Å²) in [6.45, 7) is 4.78. The molecule has 1 amide bonds. The highest BCUT2D eigenvalue weighted by Crippen LogP contribution is 2.33. The first-order valence-electron chi connectivity index (χ1n) is 7.88. The van der Waals surface area contributed by atoms with E-state index in [1.165, 1.54) is 0 Å². The number of benzene rings is 1. The van der Waals surface area contributed by atoms with E-state index in [1.807, 2.05) is 24.0 Å². The minimum Gasteiger partial charge on any atom is -0.444 e. The molecule has 4 rings (SSSR count). The van der Waals surface area contributed by atoms with Crippen LogP contribution in [0.3, 0.4) is 0 Å². The summed E-state index contributed by atoms with van der Waals surface area (Å²) < 4.78 is 7.07. The van der Waals surface area contributed by atoms with Gasteiger partial charge in [0.25, 0.3) is 5.91 Å². The van der Waals surface area contributed by atoms with Gasteiger partial charge in [-0.05, 0) is 52.7 Å². The number of anilines is 1. The number of carbonyl (C=O) groups is 1. The molecule has 8 heteroatoms. The largest absolute Gasteiger partial charge is 0.444 e. The molecule has 0 bridgehead atoms. The fraction of sp³-hybridized carbons (Fsp3) is 0.294. The Balaban J connectivity index is 1.48. The molecular weight excluding hydrogens is 426 g/mol. The van der Waals surface area contributed by atoms with Crippen molar-refractivity contribution >= 4 is 60.1 Å². The van der Waals surface area contributed by atoms with Gasteiger partial charge in [0.2, 0.25) is 0 Å². The number of thiazole rings is 1. The van der Waals surface area contributed by atoms with E-state index < -0.39 is 0 Å². The average Bonchev–Trinajstić information content (AvgIpc) is 3.24. The number of piperazine rings is 1. The first-order chi connectivity index (χ1) is 12.0. The maximum absolute atomic E-state index is 12.4. The van der Waals surface area contributed by atoms with Crippen LogP contribution in [-0.2, 0) is 0 Å². The van der Waals surface area contributed by atoms with Crippen molar-refractivity contribution in [2.24, 2.45) is 0 Å². The average molecular weight is 441 g/mol. The van der Waals surface area contributed by atoms with Crippen molar-refractivity contribution in [1.29, 1.82) is 0 Å². The molecule has 1 aliphatic rings. The molecule has 0 radical (unpaired) electrons. The lowest BCUT2D eigenvalue weighted by Crippen LogP contribution is -2.48. The quantitative estimate of drug-likeness (QED) is 0.585. The molecule has 3 aromatic rings. The fourth-order valence-electron chi connectivity index (χ4n) is 2.91. The van der Waals surface area contributed by atoms with E-state index in [0.29, 0.717) is 23.5 Å². The highest BCUT2D eigenvalue weighted by atomic mass is 79.9. The van der Waals surface area contributed by atoms with E-state index in [1.54, 1.807) is 23.5 Å². The first-order valence-corrected chi connectivity index (χ1v) is 9.87. The number of aryl methyl sites for hydroxylation is 1. The van der Waals surface area contributed by atoms with Crippen molar-refractivity contribution in [1.82, 2.24) is 9.88 Å². The Hall–Kier alpha value is -1.57. The number of fused-ring (bicyclic) bond motifs is 1. The van der Waals surface area contributed by atoms with Crippen molar-refractivity contribution in [3.8, 4) is 0 Å². The summed E-state index contributed by atoms with van der Waals surface area (Å²) in [7, 11) is 0.